The van der Waals surface area contributed by atoms with E-state index in [1.165, 1.54) is 45.4 Å². The molecule has 0 aliphatic carbocycles. The molecule has 0 fully saturated rings. The number of nitrogens with two attached hydrogens (primary N) is 1. The molecule has 2 amide bonds. The Kier molecular flexibility index (Phi) is 7.05. The zero-order chi connectivity index (χ0) is 21.6. The average Bonchev–Trinajstić information content (AvgIpc) is 2.71. The number of benzene rings is 2. The van der Waals surface area contributed by atoms with Gasteiger partial charge in [0.1, 0.15) is 0 Å². The van der Waals surface area contributed by atoms with Gasteiger partial charge in [0.2, 0.25) is 5.75 Å². The van der Waals surface area contributed by atoms with E-state index < -0.39 is 28.3 Å². The van der Waals surface area contributed by atoms with Gasteiger partial charge < -0.3 is 25.3 Å². The topological polar surface area (TPSA) is 134 Å². The summed E-state index contributed by atoms with van der Waals surface area (Å²) in [7, 11) is -0.817. The van der Waals surface area contributed by atoms with Crippen LogP contribution < -0.4 is 25.3 Å². The first-order chi connectivity index (χ1) is 13.7. The summed E-state index contributed by atoms with van der Waals surface area (Å²) >= 11 is 0. The highest BCUT2D eigenvalue weighted by Gasteiger charge is 2.21. The lowest BCUT2D eigenvalue weighted by Gasteiger charge is -2.16. The second-order valence-corrected chi connectivity index (χ2v) is 8.07. The molecule has 9 nitrogen and oxygen atoms in total. The molecule has 0 spiro atoms. The standard InChI is InChI=1S/C19H22N2O7S/c1-4-29(24,25)16-8-6-5-7-13(16)21-19(23)12-9-14(26-2)18(15(10-12)27-3)28-11-17(20)22/h5-10H,4,11H2,1-3H3,(H2,20,22)(H,21,23). The van der Waals surface area contributed by atoms with Crippen LogP contribution in [0.1, 0.15) is 17.3 Å². The first-order valence-electron chi connectivity index (χ1n) is 8.53. The lowest BCUT2D eigenvalue weighted by atomic mass is 10.1. The van der Waals surface area contributed by atoms with Gasteiger partial charge in [-0.15, -0.1) is 0 Å². The van der Waals surface area contributed by atoms with E-state index >= 15 is 0 Å². The molecule has 156 valence electrons. The van der Waals surface area contributed by atoms with E-state index in [1.54, 1.807) is 12.1 Å². The lowest BCUT2D eigenvalue weighted by molar-refractivity contribution is -0.120. The fourth-order valence-electron chi connectivity index (χ4n) is 2.49. The van der Waals surface area contributed by atoms with Gasteiger partial charge in [-0.2, -0.15) is 0 Å². The minimum absolute atomic E-state index is 0.0243. The van der Waals surface area contributed by atoms with Crippen LogP contribution in [-0.2, 0) is 14.6 Å². The van der Waals surface area contributed by atoms with E-state index in [-0.39, 0.29) is 39.1 Å². The zero-order valence-corrected chi connectivity index (χ0v) is 17.0. The average molecular weight is 422 g/mol. The molecular formula is C19H22N2O7S. The van der Waals surface area contributed by atoms with Crippen molar-refractivity contribution < 1.29 is 32.2 Å². The number of nitrogens with one attached hydrogen (secondary N) is 1. The molecule has 0 radical (unpaired) electrons. The number of amides is 2. The van der Waals surface area contributed by atoms with Gasteiger partial charge in [0, 0.05) is 5.56 Å². The number of para-hydroxylation sites is 1. The van der Waals surface area contributed by atoms with Gasteiger partial charge in [-0.25, -0.2) is 8.42 Å². The number of methoxy groups -OCH3 is 2. The normalized spacial score (nSPS) is 10.9. The summed E-state index contributed by atoms with van der Waals surface area (Å²) in [6.45, 7) is 1.12. The largest absolute Gasteiger partial charge is 0.493 e. The number of sulfone groups is 1. The van der Waals surface area contributed by atoms with Crippen LogP contribution in [0.15, 0.2) is 41.3 Å². The summed E-state index contributed by atoms with van der Waals surface area (Å²) in [6.07, 6.45) is 0. The number of carbonyl (C=O) groups excluding carboxylic acids is 2. The molecule has 0 saturated carbocycles. The molecular weight excluding hydrogens is 400 g/mol. The van der Waals surface area contributed by atoms with Gasteiger partial charge in [-0.1, -0.05) is 19.1 Å². The van der Waals surface area contributed by atoms with Crippen molar-refractivity contribution in [2.45, 2.75) is 11.8 Å². The zero-order valence-electron chi connectivity index (χ0n) is 16.2. The highest BCUT2D eigenvalue weighted by Crippen LogP contribution is 2.38. The first kappa shape index (κ1) is 22.0. The molecule has 3 N–H and O–H groups in total. The summed E-state index contributed by atoms with van der Waals surface area (Å²) < 4.78 is 40.3. The van der Waals surface area contributed by atoms with Gasteiger partial charge in [0.15, 0.2) is 27.9 Å². The molecule has 29 heavy (non-hydrogen) atoms. The summed E-state index contributed by atoms with van der Waals surface area (Å²) in [5, 5.41) is 2.60. The van der Waals surface area contributed by atoms with Crippen molar-refractivity contribution in [3.05, 3.63) is 42.0 Å². The van der Waals surface area contributed by atoms with Crippen molar-refractivity contribution >= 4 is 27.3 Å². The van der Waals surface area contributed by atoms with Crippen LogP contribution in [0, 0.1) is 0 Å². The lowest BCUT2D eigenvalue weighted by Crippen LogP contribution is -2.20. The Morgan fingerprint density at radius 2 is 1.66 bits per heavy atom. The first-order valence-corrected chi connectivity index (χ1v) is 10.2. The Bertz CT molecular complexity index is 994. The molecule has 0 saturated heterocycles. The fourth-order valence-corrected chi connectivity index (χ4v) is 3.54. The second kappa shape index (κ2) is 9.28. The number of primary amides is 1. The number of hydrogen-bond acceptors (Lipinski definition) is 7. The van der Waals surface area contributed by atoms with Crippen LogP contribution in [-0.4, -0.2) is 46.8 Å². The quantitative estimate of drug-likeness (QED) is 0.627. The van der Waals surface area contributed by atoms with E-state index in [4.69, 9.17) is 19.9 Å². The number of rotatable bonds is 9. The Morgan fingerprint density at radius 1 is 1.07 bits per heavy atom. The van der Waals surface area contributed by atoms with Crippen molar-refractivity contribution in [2.24, 2.45) is 5.73 Å². The van der Waals surface area contributed by atoms with E-state index in [2.05, 4.69) is 5.32 Å². The Balaban J connectivity index is 2.41. The highest BCUT2D eigenvalue weighted by molar-refractivity contribution is 7.91. The Hall–Kier alpha value is -3.27. The van der Waals surface area contributed by atoms with Crippen LogP contribution in [0.3, 0.4) is 0 Å². The SMILES string of the molecule is CCS(=O)(=O)c1ccccc1NC(=O)c1cc(OC)c(OCC(N)=O)c(OC)c1. The van der Waals surface area contributed by atoms with Gasteiger partial charge >= 0.3 is 0 Å². The van der Waals surface area contributed by atoms with Crippen LogP contribution >= 0.6 is 0 Å². The van der Waals surface area contributed by atoms with Crippen LogP contribution in [0.2, 0.25) is 0 Å². The van der Waals surface area contributed by atoms with Crippen molar-refractivity contribution in [1.82, 2.24) is 0 Å². The number of ether oxygens (including phenoxy) is 3. The van der Waals surface area contributed by atoms with Crippen LogP contribution in [0.5, 0.6) is 17.2 Å². The van der Waals surface area contributed by atoms with E-state index in [9.17, 15) is 18.0 Å². The van der Waals surface area contributed by atoms with Crippen molar-refractivity contribution in [3.8, 4) is 17.2 Å². The van der Waals surface area contributed by atoms with E-state index in [0.717, 1.165) is 0 Å². The molecule has 0 bridgehead atoms. The minimum Gasteiger partial charge on any atom is -0.493 e. The van der Waals surface area contributed by atoms with Gasteiger partial charge in [0.05, 0.1) is 30.6 Å². The third-order valence-corrected chi connectivity index (χ3v) is 5.72. The minimum atomic E-state index is -3.53. The van der Waals surface area contributed by atoms with E-state index in [1.807, 2.05) is 0 Å². The molecule has 0 heterocycles. The maximum atomic E-state index is 12.8. The Labute approximate surface area is 168 Å². The van der Waals surface area contributed by atoms with Crippen LogP contribution in [0.4, 0.5) is 5.69 Å². The molecule has 2 aromatic carbocycles. The summed E-state index contributed by atoms with van der Waals surface area (Å²) in [6, 6.07) is 8.88. The predicted molar refractivity (Wildman–Crippen MR) is 106 cm³/mol. The Morgan fingerprint density at radius 3 is 2.17 bits per heavy atom. The van der Waals surface area contributed by atoms with Crippen molar-refractivity contribution in [1.29, 1.82) is 0 Å². The summed E-state index contributed by atoms with van der Waals surface area (Å²) in [4.78, 5) is 23.8. The smallest absolute Gasteiger partial charge is 0.255 e. The molecule has 0 aromatic heterocycles. The van der Waals surface area contributed by atoms with Gasteiger partial charge in [-0.05, 0) is 24.3 Å². The second-order valence-electron chi connectivity index (χ2n) is 5.82. The van der Waals surface area contributed by atoms with E-state index in [0.29, 0.717) is 0 Å². The van der Waals surface area contributed by atoms with Crippen LogP contribution in [0.25, 0.3) is 0 Å². The number of carbonyl (C=O) groups is 2. The third-order valence-electron chi connectivity index (χ3n) is 3.93. The molecule has 2 rings (SSSR count). The number of anilines is 1. The maximum Gasteiger partial charge on any atom is 0.255 e. The third kappa shape index (κ3) is 5.17. The summed E-state index contributed by atoms with van der Waals surface area (Å²) in [5.41, 5.74) is 5.38. The molecule has 0 aliphatic heterocycles. The monoisotopic (exact) mass is 422 g/mol. The number of hydrogen-bond donors (Lipinski definition) is 2. The molecule has 10 heteroatoms. The molecule has 0 atom stereocenters. The fraction of sp³-hybridized carbons (Fsp3) is 0.263. The molecule has 2 aromatic rings. The maximum absolute atomic E-state index is 12.8. The molecule has 0 aliphatic rings. The molecule has 0 unspecified atom stereocenters. The van der Waals surface area contributed by atoms with Gasteiger partial charge in [0.25, 0.3) is 11.8 Å². The van der Waals surface area contributed by atoms with Crippen molar-refractivity contribution in [3.63, 3.8) is 0 Å². The summed E-state index contributed by atoms with van der Waals surface area (Å²) in [5.74, 6) is -0.978. The van der Waals surface area contributed by atoms with Gasteiger partial charge in [-0.3, -0.25) is 9.59 Å². The van der Waals surface area contributed by atoms with Crippen molar-refractivity contribution in [2.75, 3.05) is 31.9 Å². The predicted octanol–water partition coefficient (Wildman–Crippen LogP) is 1.61. The highest BCUT2D eigenvalue weighted by atomic mass is 32.2.